The first-order valence-electron chi connectivity index (χ1n) is 8.18. The van der Waals surface area contributed by atoms with Gasteiger partial charge in [0.1, 0.15) is 5.82 Å². The first-order valence-corrected chi connectivity index (χ1v) is 10.0. The van der Waals surface area contributed by atoms with Gasteiger partial charge in [-0.3, -0.25) is 4.79 Å². The van der Waals surface area contributed by atoms with E-state index in [-0.39, 0.29) is 17.3 Å². The molecule has 2 aromatic rings. The number of piperidine rings is 1. The second-order valence-corrected chi connectivity index (χ2v) is 8.53. The SMILES string of the molecule is O=C(Nc1ccc(Cl)cc1)C1CCCN(S(=O)(=O)c2ccc(F)cc2)C1. The van der Waals surface area contributed by atoms with E-state index < -0.39 is 21.8 Å². The molecule has 2 aromatic carbocycles. The van der Waals surface area contributed by atoms with Crippen molar-refractivity contribution in [2.75, 3.05) is 18.4 Å². The Balaban J connectivity index is 1.71. The van der Waals surface area contributed by atoms with Gasteiger partial charge in [-0.15, -0.1) is 0 Å². The molecule has 3 rings (SSSR count). The van der Waals surface area contributed by atoms with Gasteiger partial charge in [0.15, 0.2) is 0 Å². The smallest absolute Gasteiger partial charge is 0.243 e. The molecule has 8 heteroatoms. The molecule has 1 aliphatic rings. The number of carbonyl (C=O) groups is 1. The molecular formula is C18H18ClFN2O3S. The number of carbonyl (C=O) groups excluding carboxylic acids is 1. The Hall–Kier alpha value is -1.96. The molecule has 0 radical (unpaired) electrons. The Bertz CT molecular complexity index is 886. The predicted octanol–water partition coefficient (Wildman–Crippen LogP) is 3.52. The number of anilines is 1. The maximum absolute atomic E-state index is 13.0. The molecule has 26 heavy (non-hydrogen) atoms. The van der Waals surface area contributed by atoms with Gasteiger partial charge in [-0.25, -0.2) is 12.8 Å². The number of hydrogen-bond acceptors (Lipinski definition) is 3. The third kappa shape index (κ3) is 4.23. The lowest BCUT2D eigenvalue weighted by molar-refractivity contribution is -0.120. The van der Waals surface area contributed by atoms with E-state index >= 15 is 0 Å². The first kappa shape index (κ1) is 18.8. The standard InChI is InChI=1S/C18H18ClFN2O3S/c19-14-3-7-16(8-4-14)21-18(23)13-2-1-11-22(12-13)26(24,25)17-9-5-15(20)6-10-17/h3-10,13H,1-2,11-12H2,(H,21,23). The van der Waals surface area contributed by atoms with Crippen LogP contribution in [0, 0.1) is 11.7 Å². The molecule has 1 heterocycles. The third-order valence-corrected chi connectivity index (χ3v) is 6.45. The maximum atomic E-state index is 13.0. The fourth-order valence-electron chi connectivity index (χ4n) is 2.91. The molecule has 1 unspecified atom stereocenters. The van der Waals surface area contributed by atoms with Crippen molar-refractivity contribution in [2.24, 2.45) is 5.92 Å². The first-order chi connectivity index (χ1) is 12.4. The van der Waals surface area contributed by atoms with Crippen LogP contribution in [0.15, 0.2) is 53.4 Å². The monoisotopic (exact) mass is 396 g/mol. The Morgan fingerprint density at radius 1 is 1.12 bits per heavy atom. The van der Waals surface area contributed by atoms with Gasteiger partial charge in [0.25, 0.3) is 0 Å². The lowest BCUT2D eigenvalue weighted by atomic mass is 9.99. The summed E-state index contributed by atoms with van der Waals surface area (Å²) >= 11 is 5.82. The van der Waals surface area contributed by atoms with Crippen LogP contribution in [0.5, 0.6) is 0 Å². The van der Waals surface area contributed by atoms with Gasteiger partial charge in [0.05, 0.1) is 10.8 Å². The lowest BCUT2D eigenvalue weighted by Gasteiger charge is -2.31. The van der Waals surface area contributed by atoms with Crippen molar-refractivity contribution in [1.82, 2.24) is 4.31 Å². The zero-order chi connectivity index (χ0) is 18.7. The molecule has 1 amide bonds. The van der Waals surface area contributed by atoms with Crippen LogP contribution in [-0.2, 0) is 14.8 Å². The van der Waals surface area contributed by atoms with E-state index in [0.717, 1.165) is 12.1 Å². The van der Waals surface area contributed by atoms with Crippen LogP contribution in [-0.4, -0.2) is 31.7 Å². The van der Waals surface area contributed by atoms with Gasteiger partial charge >= 0.3 is 0 Å². The molecule has 5 nitrogen and oxygen atoms in total. The highest BCUT2D eigenvalue weighted by Gasteiger charge is 2.33. The lowest BCUT2D eigenvalue weighted by Crippen LogP contribution is -2.43. The number of benzene rings is 2. The highest BCUT2D eigenvalue weighted by atomic mass is 35.5. The van der Waals surface area contributed by atoms with Crippen LogP contribution >= 0.6 is 11.6 Å². The van der Waals surface area contributed by atoms with E-state index in [1.165, 1.54) is 16.4 Å². The van der Waals surface area contributed by atoms with Crippen LogP contribution in [0.1, 0.15) is 12.8 Å². The normalized spacial score (nSPS) is 18.5. The summed E-state index contributed by atoms with van der Waals surface area (Å²) in [5.41, 5.74) is 0.609. The van der Waals surface area contributed by atoms with Crippen LogP contribution in [0.4, 0.5) is 10.1 Å². The number of hydrogen-bond donors (Lipinski definition) is 1. The highest BCUT2D eigenvalue weighted by Crippen LogP contribution is 2.25. The van der Waals surface area contributed by atoms with Crippen molar-refractivity contribution >= 4 is 33.2 Å². The van der Waals surface area contributed by atoms with Crippen molar-refractivity contribution < 1.29 is 17.6 Å². The van der Waals surface area contributed by atoms with Crippen molar-refractivity contribution in [1.29, 1.82) is 0 Å². The minimum atomic E-state index is -3.75. The van der Waals surface area contributed by atoms with Gasteiger partial charge in [-0.05, 0) is 61.4 Å². The van der Waals surface area contributed by atoms with Crippen LogP contribution in [0.25, 0.3) is 0 Å². The number of nitrogens with one attached hydrogen (secondary N) is 1. The Morgan fingerprint density at radius 2 is 1.77 bits per heavy atom. The average molecular weight is 397 g/mol. The summed E-state index contributed by atoms with van der Waals surface area (Å²) in [5, 5.41) is 3.36. The molecule has 1 saturated heterocycles. The van der Waals surface area contributed by atoms with Gasteiger partial charge in [-0.2, -0.15) is 4.31 Å². The third-order valence-electron chi connectivity index (χ3n) is 4.32. The number of halogens is 2. The minimum absolute atomic E-state index is 0.0256. The summed E-state index contributed by atoms with van der Waals surface area (Å²) in [6.07, 6.45) is 1.19. The molecule has 0 aromatic heterocycles. The second-order valence-electron chi connectivity index (χ2n) is 6.15. The average Bonchev–Trinajstić information content (AvgIpc) is 2.64. The summed E-state index contributed by atoms with van der Waals surface area (Å²) in [6, 6.07) is 11.4. The summed E-state index contributed by atoms with van der Waals surface area (Å²) in [7, 11) is -3.75. The highest BCUT2D eigenvalue weighted by molar-refractivity contribution is 7.89. The van der Waals surface area contributed by atoms with E-state index in [4.69, 9.17) is 11.6 Å². The van der Waals surface area contributed by atoms with Gasteiger partial charge < -0.3 is 5.32 Å². The van der Waals surface area contributed by atoms with Crippen LogP contribution in [0.3, 0.4) is 0 Å². The van der Waals surface area contributed by atoms with E-state index in [1.54, 1.807) is 24.3 Å². The van der Waals surface area contributed by atoms with Crippen molar-refractivity contribution in [3.63, 3.8) is 0 Å². The van der Waals surface area contributed by atoms with Crippen molar-refractivity contribution in [3.05, 3.63) is 59.4 Å². The van der Waals surface area contributed by atoms with Crippen LogP contribution in [0.2, 0.25) is 5.02 Å². The van der Waals surface area contributed by atoms with Crippen molar-refractivity contribution in [2.45, 2.75) is 17.7 Å². The molecule has 0 spiro atoms. The topological polar surface area (TPSA) is 66.5 Å². The quantitative estimate of drug-likeness (QED) is 0.859. The summed E-state index contributed by atoms with van der Waals surface area (Å²) in [6.45, 7) is 0.434. The summed E-state index contributed by atoms with van der Waals surface area (Å²) in [5.74, 6) is -1.18. The fourth-order valence-corrected chi connectivity index (χ4v) is 4.56. The molecule has 1 fully saturated rings. The zero-order valence-electron chi connectivity index (χ0n) is 13.9. The van der Waals surface area contributed by atoms with Gasteiger partial charge in [0.2, 0.25) is 15.9 Å². The number of rotatable bonds is 4. The van der Waals surface area contributed by atoms with Gasteiger partial charge in [-0.1, -0.05) is 11.6 Å². The van der Waals surface area contributed by atoms with Gasteiger partial charge in [0, 0.05) is 23.8 Å². The molecule has 1 N–H and O–H groups in total. The summed E-state index contributed by atoms with van der Waals surface area (Å²) in [4.78, 5) is 12.5. The van der Waals surface area contributed by atoms with E-state index in [1.807, 2.05) is 0 Å². The Morgan fingerprint density at radius 3 is 2.42 bits per heavy atom. The van der Waals surface area contributed by atoms with E-state index in [9.17, 15) is 17.6 Å². The Labute approximate surface area is 156 Å². The number of nitrogens with zero attached hydrogens (tertiary/aromatic N) is 1. The Kier molecular flexibility index (Phi) is 5.60. The largest absolute Gasteiger partial charge is 0.326 e. The molecule has 0 saturated carbocycles. The molecule has 0 aliphatic carbocycles. The molecular weight excluding hydrogens is 379 g/mol. The zero-order valence-corrected chi connectivity index (χ0v) is 15.4. The maximum Gasteiger partial charge on any atom is 0.243 e. The summed E-state index contributed by atoms with van der Waals surface area (Å²) < 4.78 is 39.8. The van der Waals surface area contributed by atoms with E-state index in [0.29, 0.717) is 30.1 Å². The predicted molar refractivity (Wildman–Crippen MR) is 98.0 cm³/mol. The minimum Gasteiger partial charge on any atom is -0.326 e. The fraction of sp³-hybridized carbons (Fsp3) is 0.278. The molecule has 138 valence electrons. The van der Waals surface area contributed by atoms with Crippen molar-refractivity contribution in [3.8, 4) is 0 Å². The number of sulfonamides is 1. The number of amides is 1. The molecule has 1 aliphatic heterocycles. The molecule has 0 bridgehead atoms. The van der Waals surface area contributed by atoms with Crippen LogP contribution < -0.4 is 5.32 Å². The molecule has 1 atom stereocenters. The second kappa shape index (κ2) is 7.73. The van der Waals surface area contributed by atoms with E-state index in [2.05, 4.69) is 5.32 Å².